The molecule has 0 saturated heterocycles. The van der Waals surface area contributed by atoms with Crippen molar-refractivity contribution in [2.45, 2.75) is 52.4 Å². The normalized spacial score (nSPS) is 11.0. The number of aromatic nitrogens is 2. The van der Waals surface area contributed by atoms with Gasteiger partial charge in [0, 0.05) is 11.6 Å². The van der Waals surface area contributed by atoms with Gasteiger partial charge in [-0.1, -0.05) is 38.8 Å². The fourth-order valence-corrected chi connectivity index (χ4v) is 1.92. The molecule has 0 aliphatic heterocycles. The Morgan fingerprint density at radius 3 is 2.40 bits per heavy atom. The van der Waals surface area contributed by atoms with E-state index in [2.05, 4.69) is 30.7 Å². The Morgan fingerprint density at radius 2 is 1.87 bits per heavy atom. The Balaban J connectivity index is 2.96. The summed E-state index contributed by atoms with van der Waals surface area (Å²) in [5.41, 5.74) is 1.07. The van der Waals surface area contributed by atoms with Gasteiger partial charge in [-0.15, -0.1) is 0 Å². The maximum atomic E-state index is 5.99. The molecule has 1 aromatic heterocycles. The van der Waals surface area contributed by atoms with Gasteiger partial charge in [0.05, 0.1) is 0 Å². The molecule has 0 spiro atoms. The molecule has 0 aromatic carbocycles. The average Bonchev–Trinajstić information content (AvgIpc) is 2.19. The number of halogens is 1. The summed E-state index contributed by atoms with van der Waals surface area (Å²) in [7, 11) is 0. The number of hydrogen-bond acceptors (Lipinski definition) is 2. The average molecular weight is 227 g/mol. The van der Waals surface area contributed by atoms with Crippen molar-refractivity contribution < 1.29 is 0 Å². The summed E-state index contributed by atoms with van der Waals surface area (Å²) in [5.74, 6) is 1.36. The maximum absolute atomic E-state index is 5.99. The van der Waals surface area contributed by atoms with E-state index in [0.717, 1.165) is 37.2 Å². The van der Waals surface area contributed by atoms with Crippen molar-refractivity contribution in [2.24, 2.45) is 0 Å². The molecule has 1 rings (SSSR count). The fraction of sp³-hybridized carbons (Fsp3) is 0.667. The van der Waals surface area contributed by atoms with Crippen molar-refractivity contribution in [3.05, 3.63) is 22.7 Å². The van der Waals surface area contributed by atoms with Crippen molar-refractivity contribution in [3.8, 4) is 0 Å². The molecule has 2 nitrogen and oxygen atoms in total. The van der Waals surface area contributed by atoms with Gasteiger partial charge in [-0.2, -0.15) is 0 Å². The van der Waals surface area contributed by atoms with Crippen LogP contribution in [-0.2, 0) is 6.42 Å². The maximum Gasteiger partial charge on any atom is 0.133 e. The molecule has 0 radical (unpaired) electrons. The van der Waals surface area contributed by atoms with Crippen LogP contribution in [-0.4, -0.2) is 9.97 Å². The summed E-state index contributed by atoms with van der Waals surface area (Å²) < 4.78 is 0. The summed E-state index contributed by atoms with van der Waals surface area (Å²) in [5, 5.41) is 0.579. The Labute approximate surface area is 97.1 Å². The molecule has 15 heavy (non-hydrogen) atoms. The first-order valence-electron chi connectivity index (χ1n) is 5.74. The highest BCUT2D eigenvalue weighted by molar-refractivity contribution is 6.29. The Hall–Kier alpha value is -0.630. The fourth-order valence-electron chi connectivity index (χ4n) is 1.70. The van der Waals surface area contributed by atoms with Gasteiger partial charge in [-0.05, 0) is 25.3 Å². The van der Waals surface area contributed by atoms with E-state index < -0.39 is 0 Å². The smallest absolute Gasteiger partial charge is 0.133 e. The van der Waals surface area contributed by atoms with Crippen molar-refractivity contribution in [1.82, 2.24) is 9.97 Å². The van der Waals surface area contributed by atoms with Crippen LogP contribution in [0.4, 0.5) is 0 Å². The van der Waals surface area contributed by atoms with Gasteiger partial charge in [0.1, 0.15) is 11.0 Å². The van der Waals surface area contributed by atoms with E-state index in [0.29, 0.717) is 11.1 Å². The molecule has 3 heteroatoms. The third kappa shape index (κ3) is 3.45. The largest absolute Gasteiger partial charge is 0.238 e. The second-order valence-corrected chi connectivity index (χ2v) is 4.19. The molecule has 0 aliphatic carbocycles. The van der Waals surface area contributed by atoms with Crippen LogP contribution in [0.5, 0.6) is 0 Å². The Morgan fingerprint density at radius 1 is 1.20 bits per heavy atom. The molecular formula is C12H19ClN2. The first kappa shape index (κ1) is 12.4. The monoisotopic (exact) mass is 226 g/mol. The quantitative estimate of drug-likeness (QED) is 0.710. The van der Waals surface area contributed by atoms with Crippen LogP contribution in [0.25, 0.3) is 0 Å². The van der Waals surface area contributed by atoms with Gasteiger partial charge in [0.15, 0.2) is 0 Å². The van der Waals surface area contributed by atoms with Gasteiger partial charge >= 0.3 is 0 Å². The lowest BCUT2D eigenvalue weighted by molar-refractivity contribution is 0.596. The zero-order valence-corrected chi connectivity index (χ0v) is 10.5. The number of aryl methyl sites for hydroxylation is 1. The van der Waals surface area contributed by atoms with Gasteiger partial charge in [0.25, 0.3) is 0 Å². The molecule has 0 aliphatic rings. The van der Waals surface area contributed by atoms with Crippen LogP contribution < -0.4 is 0 Å². The minimum atomic E-state index is 0.444. The molecule has 0 bridgehead atoms. The molecule has 0 N–H and O–H groups in total. The summed E-state index contributed by atoms with van der Waals surface area (Å²) in [6.45, 7) is 6.47. The Kier molecular flexibility index (Phi) is 5.03. The number of hydrogen-bond donors (Lipinski definition) is 0. The number of rotatable bonds is 5. The Bertz CT molecular complexity index is 308. The van der Waals surface area contributed by atoms with Crippen LogP contribution in [0.1, 0.15) is 57.5 Å². The van der Waals surface area contributed by atoms with Crippen LogP contribution in [0.15, 0.2) is 6.07 Å². The SMILES string of the molecule is CCCc1cc(Cl)nc(C(CC)CC)n1. The van der Waals surface area contributed by atoms with E-state index >= 15 is 0 Å². The second-order valence-electron chi connectivity index (χ2n) is 3.80. The topological polar surface area (TPSA) is 25.8 Å². The van der Waals surface area contributed by atoms with E-state index in [-0.39, 0.29) is 0 Å². The molecule has 1 heterocycles. The van der Waals surface area contributed by atoms with Crippen LogP contribution >= 0.6 is 11.6 Å². The summed E-state index contributed by atoms with van der Waals surface area (Å²) >= 11 is 5.99. The molecule has 84 valence electrons. The van der Waals surface area contributed by atoms with Crippen molar-refractivity contribution >= 4 is 11.6 Å². The van der Waals surface area contributed by atoms with Gasteiger partial charge in [0.2, 0.25) is 0 Å². The summed E-state index contributed by atoms with van der Waals surface area (Å²) in [6, 6.07) is 1.87. The summed E-state index contributed by atoms with van der Waals surface area (Å²) in [4.78, 5) is 8.88. The van der Waals surface area contributed by atoms with Crippen molar-refractivity contribution in [2.75, 3.05) is 0 Å². The van der Waals surface area contributed by atoms with Gasteiger partial charge < -0.3 is 0 Å². The molecule has 0 unspecified atom stereocenters. The lowest BCUT2D eigenvalue weighted by Gasteiger charge is -2.12. The second kappa shape index (κ2) is 6.06. The van der Waals surface area contributed by atoms with Crippen molar-refractivity contribution in [3.63, 3.8) is 0 Å². The zero-order chi connectivity index (χ0) is 11.3. The first-order valence-corrected chi connectivity index (χ1v) is 6.12. The number of nitrogens with zero attached hydrogens (tertiary/aromatic N) is 2. The highest BCUT2D eigenvalue weighted by atomic mass is 35.5. The standard InChI is InChI=1S/C12H19ClN2/c1-4-7-10-8-11(13)15-12(14-10)9(5-2)6-3/h8-9H,4-7H2,1-3H3. The third-order valence-corrected chi connectivity index (χ3v) is 2.82. The summed E-state index contributed by atoms with van der Waals surface area (Å²) in [6.07, 6.45) is 4.22. The molecule has 0 saturated carbocycles. The van der Waals surface area contributed by atoms with E-state index in [9.17, 15) is 0 Å². The molecule has 0 fully saturated rings. The van der Waals surface area contributed by atoms with Crippen LogP contribution in [0.3, 0.4) is 0 Å². The lowest BCUT2D eigenvalue weighted by atomic mass is 10.0. The molecular weight excluding hydrogens is 208 g/mol. The van der Waals surface area contributed by atoms with Gasteiger partial charge in [-0.25, -0.2) is 9.97 Å². The van der Waals surface area contributed by atoms with E-state index in [1.807, 2.05) is 6.07 Å². The van der Waals surface area contributed by atoms with Crippen LogP contribution in [0, 0.1) is 0 Å². The molecule has 0 atom stereocenters. The van der Waals surface area contributed by atoms with Crippen molar-refractivity contribution in [1.29, 1.82) is 0 Å². The van der Waals surface area contributed by atoms with E-state index in [1.165, 1.54) is 0 Å². The minimum Gasteiger partial charge on any atom is -0.238 e. The predicted octanol–water partition coefficient (Wildman–Crippen LogP) is 3.99. The van der Waals surface area contributed by atoms with E-state index in [4.69, 9.17) is 11.6 Å². The minimum absolute atomic E-state index is 0.444. The van der Waals surface area contributed by atoms with Crippen LogP contribution in [0.2, 0.25) is 5.15 Å². The molecule has 0 amide bonds. The predicted molar refractivity (Wildman–Crippen MR) is 64.4 cm³/mol. The molecule has 1 aromatic rings. The third-order valence-electron chi connectivity index (χ3n) is 2.62. The van der Waals surface area contributed by atoms with Gasteiger partial charge in [-0.3, -0.25) is 0 Å². The lowest BCUT2D eigenvalue weighted by Crippen LogP contribution is -2.05. The zero-order valence-electron chi connectivity index (χ0n) is 9.76. The van der Waals surface area contributed by atoms with E-state index in [1.54, 1.807) is 0 Å². The first-order chi connectivity index (χ1) is 7.21. The highest BCUT2D eigenvalue weighted by Crippen LogP contribution is 2.21. The highest BCUT2D eigenvalue weighted by Gasteiger charge is 2.12.